The van der Waals surface area contributed by atoms with Crippen LogP contribution in [0.15, 0.2) is 0 Å². The van der Waals surface area contributed by atoms with E-state index in [-0.39, 0.29) is 37.5 Å². The van der Waals surface area contributed by atoms with Gasteiger partial charge < -0.3 is 25.8 Å². The summed E-state index contributed by atoms with van der Waals surface area (Å²) in [7, 11) is -4.97. The molecule has 2 rings (SSSR count). The van der Waals surface area contributed by atoms with Crippen molar-refractivity contribution in [3.8, 4) is 0 Å². The van der Waals surface area contributed by atoms with Crippen molar-refractivity contribution in [2.75, 3.05) is 6.54 Å². The second-order valence-electron chi connectivity index (χ2n) is 9.32. The van der Waals surface area contributed by atoms with E-state index < -0.39 is 70.4 Å². The van der Waals surface area contributed by atoms with Crippen molar-refractivity contribution < 1.29 is 46.0 Å². The van der Waals surface area contributed by atoms with E-state index >= 15 is 0 Å². The number of amides is 3. The van der Waals surface area contributed by atoms with E-state index in [0.717, 1.165) is 0 Å². The number of carbonyl (C=O) groups excluding carboxylic acids is 3. The highest BCUT2D eigenvalue weighted by atomic mass is 32.2. The zero-order valence-electron chi connectivity index (χ0n) is 19.1. The highest BCUT2D eigenvalue weighted by Gasteiger charge is 2.39. The van der Waals surface area contributed by atoms with Crippen LogP contribution in [0, 0.1) is 11.8 Å². The van der Waals surface area contributed by atoms with Crippen molar-refractivity contribution in [3.05, 3.63) is 0 Å². The lowest BCUT2D eigenvalue weighted by atomic mass is 9.94. The van der Waals surface area contributed by atoms with Crippen molar-refractivity contribution in [2.24, 2.45) is 11.8 Å². The van der Waals surface area contributed by atoms with Gasteiger partial charge in [0.1, 0.15) is 12.1 Å². The lowest BCUT2D eigenvalue weighted by molar-refractivity contribution is -0.126. The molecule has 0 aromatic rings. The second kappa shape index (κ2) is 11.6. The number of nitrogens with one attached hydrogen (secondary N) is 3. The Morgan fingerprint density at radius 1 is 1.21 bits per heavy atom. The van der Waals surface area contributed by atoms with Crippen LogP contribution in [0.5, 0.6) is 0 Å². The zero-order chi connectivity index (χ0) is 25.7. The average molecular weight is 514 g/mol. The van der Waals surface area contributed by atoms with Crippen LogP contribution < -0.4 is 16.0 Å². The van der Waals surface area contributed by atoms with Crippen LogP contribution in [0.25, 0.3) is 0 Å². The molecule has 3 amide bonds. The number of aliphatic hydroxyl groups is 1. The fraction of sp³-hybridized carbons (Fsp3) is 0.850. The molecular weight excluding hydrogens is 480 g/mol. The minimum atomic E-state index is -4.97. The fourth-order valence-corrected chi connectivity index (χ4v) is 4.67. The summed E-state index contributed by atoms with van der Waals surface area (Å²) in [5.74, 6) is -4.81. The topological polar surface area (TPSA) is 171 Å². The first-order valence-electron chi connectivity index (χ1n) is 11.3. The van der Waals surface area contributed by atoms with Crippen LogP contribution in [0.1, 0.15) is 58.8 Å². The Balaban J connectivity index is 2.06. The molecule has 0 radical (unpaired) electrons. The summed E-state index contributed by atoms with van der Waals surface area (Å²) in [5.41, 5.74) is -2.39. The molecule has 0 aromatic carbocycles. The van der Waals surface area contributed by atoms with E-state index in [0.29, 0.717) is 13.0 Å². The number of alkyl halides is 2. The van der Waals surface area contributed by atoms with Crippen molar-refractivity contribution in [1.82, 2.24) is 16.0 Å². The van der Waals surface area contributed by atoms with Gasteiger partial charge in [-0.2, -0.15) is 8.42 Å². The molecule has 1 heterocycles. The van der Waals surface area contributed by atoms with Gasteiger partial charge in [-0.3, -0.25) is 14.1 Å². The maximum Gasteiger partial charge on any atom is 0.408 e. The number of aliphatic hydroxyl groups excluding tert-OH is 1. The van der Waals surface area contributed by atoms with Gasteiger partial charge in [0, 0.05) is 25.3 Å². The molecule has 1 saturated carbocycles. The summed E-state index contributed by atoms with van der Waals surface area (Å²) in [6.45, 7) is 3.89. The fourth-order valence-electron chi connectivity index (χ4n) is 4.08. The summed E-state index contributed by atoms with van der Waals surface area (Å²) in [6, 6.07) is -2.73. The standard InChI is InChI=1S/C20H33F2N3O8S/c1-11(2)9-14(25-19(29)33-13-3-6-20(21,22)7-4-13)17(27)24-15(18(28)34(30,31)32)10-12-5-8-23-16(12)26/h11-15,18,28H,3-10H2,1-2H3,(H,23,26)(H,24,27)(H,25,29)(H,30,31,32)/t12-,14-,15-,18?/m0/s1. The van der Waals surface area contributed by atoms with Gasteiger partial charge in [0.2, 0.25) is 23.2 Å². The Hall–Kier alpha value is -2.06. The lowest BCUT2D eigenvalue weighted by Gasteiger charge is -2.29. The van der Waals surface area contributed by atoms with E-state index in [1.54, 1.807) is 13.8 Å². The third kappa shape index (κ3) is 8.62. The molecule has 0 bridgehead atoms. The Morgan fingerprint density at radius 3 is 2.32 bits per heavy atom. The van der Waals surface area contributed by atoms with Gasteiger partial charge >= 0.3 is 6.09 Å². The molecule has 1 aliphatic carbocycles. The van der Waals surface area contributed by atoms with Gasteiger partial charge in [-0.15, -0.1) is 0 Å². The molecule has 1 saturated heterocycles. The molecule has 2 fully saturated rings. The first-order valence-corrected chi connectivity index (χ1v) is 12.8. The molecule has 0 aromatic heterocycles. The van der Waals surface area contributed by atoms with Crippen LogP contribution in [0.4, 0.5) is 13.6 Å². The number of carbonyl (C=O) groups is 3. The average Bonchev–Trinajstić information content (AvgIpc) is 3.11. The highest BCUT2D eigenvalue weighted by Crippen LogP contribution is 2.34. The maximum absolute atomic E-state index is 13.3. The molecule has 196 valence electrons. The molecule has 5 N–H and O–H groups in total. The second-order valence-corrected chi connectivity index (χ2v) is 10.8. The summed E-state index contributed by atoms with van der Waals surface area (Å²) >= 11 is 0. The lowest BCUT2D eigenvalue weighted by Crippen LogP contribution is -2.55. The predicted molar refractivity (Wildman–Crippen MR) is 115 cm³/mol. The number of hydrogen-bond donors (Lipinski definition) is 5. The van der Waals surface area contributed by atoms with E-state index in [9.17, 15) is 41.2 Å². The van der Waals surface area contributed by atoms with E-state index in [2.05, 4.69) is 16.0 Å². The monoisotopic (exact) mass is 513 g/mol. The molecule has 14 heteroatoms. The largest absolute Gasteiger partial charge is 0.446 e. The van der Waals surface area contributed by atoms with Crippen molar-refractivity contribution in [3.63, 3.8) is 0 Å². The molecule has 11 nitrogen and oxygen atoms in total. The smallest absolute Gasteiger partial charge is 0.408 e. The summed E-state index contributed by atoms with van der Waals surface area (Å²) in [4.78, 5) is 37.1. The summed E-state index contributed by atoms with van der Waals surface area (Å²) in [5, 5.41) is 17.3. The highest BCUT2D eigenvalue weighted by molar-refractivity contribution is 7.86. The van der Waals surface area contributed by atoms with Crippen LogP contribution in [0.2, 0.25) is 0 Å². The Bertz CT molecular complexity index is 845. The Kier molecular flexibility index (Phi) is 9.60. The van der Waals surface area contributed by atoms with E-state index in [1.165, 1.54) is 0 Å². The molecule has 0 spiro atoms. The van der Waals surface area contributed by atoms with Gasteiger partial charge in [-0.25, -0.2) is 13.6 Å². The number of hydrogen-bond acceptors (Lipinski definition) is 7. The quantitative estimate of drug-likeness (QED) is 0.268. The molecule has 4 atom stereocenters. The molecule has 34 heavy (non-hydrogen) atoms. The van der Waals surface area contributed by atoms with Crippen LogP contribution in [-0.4, -0.2) is 72.1 Å². The number of halogens is 2. The first kappa shape index (κ1) is 28.2. The van der Waals surface area contributed by atoms with Gasteiger partial charge in [0.15, 0.2) is 0 Å². The van der Waals surface area contributed by atoms with Crippen LogP contribution in [0.3, 0.4) is 0 Å². The molecule has 1 unspecified atom stereocenters. The third-order valence-corrected chi connectivity index (χ3v) is 6.87. The van der Waals surface area contributed by atoms with E-state index in [1.807, 2.05) is 0 Å². The summed E-state index contributed by atoms with van der Waals surface area (Å²) in [6.07, 6.45) is -2.37. The first-order chi connectivity index (χ1) is 15.7. The Labute approximate surface area is 197 Å². The number of ether oxygens (including phenoxy) is 1. The molecule has 2 aliphatic rings. The van der Waals surface area contributed by atoms with Gasteiger partial charge in [0.25, 0.3) is 10.1 Å². The van der Waals surface area contributed by atoms with Gasteiger partial charge in [-0.1, -0.05) is 13.8 Å². The number of alkyl carbamates (subject to hydrolysis) is 1. The minimum absolute atomic E-state index is 0.0203. The Morgan fingerprint density at radius 2 is 1.82 bits per heavy atom. The molecule has 1 aliphatic heterocycles. The van der Waals surface area contributed by atoms with Crippen molar-refractivity contribution in [1.29, 1.82) is 0 Å². The summed E-state index contributed by atoms with van der Waals surface area (Å²) < 4.78 is 64.1. The van der Waals surface area contributed by atoms with Crippen LogP contribution >= 0.6 is 0 Å². The van der Waals surface area contributed by atoms with Crippen LogP contribution in [-0.2, 0) is 24.4 Å². The zero-order valence-corrected chi connectivity index (χ0v) is 19.9. The third-order valence-electron chi connectivity index (χ3n) is 5.93. The van der Waals surface area contributed by atoms with Gasteiger partial charge in [-0.05, 0) is 38.0 Å². The maximum atomic E-state index is 13.3. The normalized spacial score (nSPS) is 23.6. The predicted octanol–water partition coefficient (Wildman–Crippen LogP) is 0.922. The van der Waals surface area contributed by atoms with Gasteiger partial charge in [0.05, 0.1) is 6.04 Å². The van der Waals surface area contributed by atoms with E-state index in [4.69, 9.17) is 4.74 Å². The number of rotatable bonds is 10. The van der Waals surface area contributed by atoms with Crippen molar-refractivity contribution in [2.45, 2.75) is 88.3 Å². The van der Waals surface area contributed by atoms with Crippen molar-refractivity contribution >= 4 is 28.0 Å². The SMILES string of the molecule is CC(C)C[C@H](NC(=O)OC1CCC(F)(F)CC1)C(=O)N[C@@H](C[C@@H]1CCNC1=O)C(O)S(=O)(=O)O. The minimum Gasteiger partial charge on any atom is -0.446 e. The molecular formula is C20H33F2N3O8S.